The van der Waals surface area contributed by atoms with Gasteiger partial charge in [0.05, 0.1) is 5.56 Å². The number of hydrogen-bond donors (Lipinski definition) is 2. The van der Waals surface area contributed by atoms with Crippen LogP contribution in [0.1, 0.15) is 36.4 Å². The second-order valence-corrected chi connectivity index (χ2v) is 6.75. The van der Waals surface area contributed by atoms with Crippen LogP contribution < -0.4 is 5.32 Å². The van der Waals surface area contributed by atoms with Gasteiger partial charge in [-0.15, -0.1) is 0 Å². The number of nitriles is 1. The van der Waals surface area contributed by atoms with Gasteiger partial charge < -0.3 is 10.4 Å². The van der Waals surface area contributed by atoms with Crippen LogP contribution in [-0.2, 0) is 0 Å². The summed E-state index contributed by atoms with van der Waals surface area (Å²) in [5.74, 6) is 0.738. The summed E-state index contributed by atoms with van der Waals surface area (Å²) >= 11 is 3.59. The molecule has 2 N–H and O–H groups in total. The highest BCUT2D eigenvalue weighted by molar-refractivity contribution is 9.10. The van der Waals surface area contributed by atoms with Gasteiger partial charge in [-0.25, -0.2) is 0 Å². The molecule has 0 radical (unpaired) electrons. The quantitative estimate of drug-likeness (QED) is 0.880. The zero-order valence-electron chi connectivity index (χ0n) is 12.0. The molecule has 1 saturated carbocycles. The van der Waals surface area contributed by atoms with Gasteiger partial charge in [0.1, 0.15) is 11.8 Å². The lowest BCUT2D eigenvalue weighted by molar-refractivity contribution is 0.0814. The van der Waals surface area contributed by atoms with Crippen molar-refractivity contribution in [2.75, 3.05) is 26.2 Å². The first-order valence-corrected chi connectivity index (χ1v) is 8.38. The fourth-order valence-electron chi connectivity index (χ4n) is 3.39. The van der Waals surface area contributed by atoms with E-state index in [0.29, 0.717) is 11.5 Å². The molecule has 0 amide bonds. The smallest absolute Gasteiger partial charge is 0.139 e. The second-order valence-electron chi connectivity index (χ2n) is 5.89. The van der Waals surface area contributed by atoms with Crippen molar-refractivity contribution < 1.29 is 5.11 Å². The van der Waals surface area contributed by atoms with Crippen LogP contribution in [0.5, 0.6) is 5.75 Å². The minimum absolute atomic E-state index is 0.155. The maximum Gasteiger partial charge on any atom is 0.139 e. The molecule has 1 aliphatic heterocycles. The standard InChI is InChI=1S/C16H20BrN3O/c17-13-5-4-12(10-18)16(21)14(13)15(11-2-1-3-11)20-8-6-19-7-9-20/h4-5,11,15,19,21H,1-3,6-9H2/t15-/m0/s1. The van der Waals surface area contributed by atoms with Crippen molar-refractivity contribution in [2.24, 2.45) is 5.92 Å². The molecule has 1 atom stereocenters. The molecule has 0 spiro atoms. The topological polar surface area (TPSA) is 59.3 Å². The van der Waals surface area contributed by atoms with Crippen molar-refractivity contribution in [1.82, 2.24) is 10.2 Å². The van der Waals surface area contributed by atoms with E-state index in [1.807, 2.05) is 6.07 Å². The van der Waals surface area contributed by atoms with Gasteiger partial charge in [0, 0.05) is 42.3 Å². The van der Waals surface area contributed by atoms with E-state index in [4.69, 9.17) is 0 Å². The minimum atomic E-state index is 0.155. The molecule has 1 saturated heterocycles. The monoisotopic (exact) mass is 349 g/mol. The molecule has 21 heavy (non-hydrogen) atoms. The molecule has 1 aliphatic carbocycles. The van der Waals surface area contributed by atoms with Crippen molar-refractivity contribution in [3.8, 4) is 11.8 Å². The molecule has 1 heterocycles. The van der Waals surface area contributed by atoms with Crippen molar-refractivity contribution >= 4 is 15.9 Å². The SMILES string of the molecule is N#Cc1ccc(Br)c([C@H](C2CCC2)N2CCNCC2)c1O. The molecule has 3 rings (SSSR count). The van der Waals surface area contributed by atoms with Gasteiger partial charge in [0.2, 0.25) is 0 Å². The van der Waals surface area contributed by atoms with E-state index in [2.05, 4.69) is 32.2 Å². The molecule has 0 unspecified atom stereocenters. The molecule has 112 valence electrons. The zero-order chi connectivity index (χ0) is 14.8. The van der Waals surface area contributed by atoms with E-state index in [9.17, 15) is 10.4 Å². The summed E-state index contributed by atoms with van der Waals surface area (Å²) in [4.78, 5) is 2.46. The number of benzene rings is 1. The van der Waals surface area contributed by atoms with Gasteiger partial charge in [-0.1, -0.05) is 22.4 Å². The lowest BCUT2D eigenvalue weighted by Gasteiger charge is -2.43. The van der Waals surface area contributed by atoms with Crippen molar-refractivity contribution in [3.05, 3.63) is 27.7 Å². The Kier molecular flexibility index (Phi) is 4.48. The number of halogens is 1. The first-order valence-electron chi connectivity index (χ1n) is 7.58. The Morgan fingerprint density at radius 2 is 2.05 bits per heavy atom. The first-order chi connectivity index (χ1) is 10.2. The summed E-state index contributed by atoms with van der Waals surface area (Å²) in [6.07, 6.45) is 3.68. The van der Waals surface area contributed by atoms with E-state index >= 15 is 0 Å². The van der Waals surface area contributed by atoms with Crippen LogP contribution in [0.25, 0.3) is 0 Å². The summed E-state index contributed by atoms with van der Waals surface area (Å²) in [6.45, 7) is 3.95. The average molecular weight is 350 g/mol. The van der Waals surface area contributed by atoms with E-state index < -0.39 is 0 Å². The summed E-state index contributed by atoms with van der Waals surface area (Å²) in [6, 6.07) is 5.87. The van der Waals surface area contributed by atoms with Gasteiger partial charge in [-0.3, -0.25) is 4.90 Å². The molecule has 1 aromatic carbocycles. The van der Waals surface area contributed by atoms with E-state index in [-0.39, 0.29) is 11.8 Å². The van der Waals surface area contributed by atoms with Crippen LogP contribution in [0.2, 0.25) is 0 Å². The Balaban J connectivity index is 2.01. The fourth-order valence-corrected chi connectivity index (χ4v) is 3.94. The molecule has 4 nitrogen and oxygen atoms in total. The third-order valence-corrected chi connectivity index (χ3v) is 5.41. The highest BCUT2D eigenvalue weighted by Crippen LogP contribution is 2.47. The highest BCUT2D eigenvalue weighted by Gasteiger charge is 2.36. The number of nitrogens with zero attached hydrogens (tertiary/aromatic N) is 2. The van der Waals surface area contributed by atoms with Crippen molar-refractivity contribution in [3.63, 3.8) is 0 Å². The summed E-state index contributed by atoms with van der Waals surface area (Å²) in [5, 5.41) is 23.1. The number of phenols is 1. The minimum Gasteiger partial charge on any atom is -0.506 e. The third kappa shape index (κ3) is 2.80. The van der Waals surface area contributed by atoms with E-state index in [0.717, 1.165) is 36.2 Å². The normalized spacial score (nSPS) is 21.5. The Morgan fingerprint density at radius 1 is 1.33 bits per heavy atom. The maximum atomic E-state index is 10.5. The Morgan fingerprint density at radius 3 is 2.62 bits per heavy atom. The molecule has 1 aromatic rings. The third-order valence-electron chi connectivity index (χ3n) is 4.72. The van der Waals surface area contributed by atoms with Gasteiger partial charge in [-0.2, -0.15) is 5.26 Å². The van der Waals surface area contributed by atoms with Crippen molar-refractivity contribution in [1.29, 1.82) is 5.26 Å². The number of aromatic hydroxyl groups is 1. The first kappa shape index (κ1) is 14.8. The van der Waals surface area contributed by atoms with E-state index in [1.54, 1.807) is 6.07 Å². The van der Waals surface area contributed by atoms with Gasteiger partial charge >= 0.3 is 0 Å². The summed E-state index contributed by atoms with van der Waals surface area (Å²) < 4.78 is 0.912. The highest BCUT2D eigenvalue weighted by atomic mass is 79.9. The largest absolute Gasteiger partial charge is 0.506 e. The van der Waals surface area contributed by atoms with Gasteiger partial charge in [0.25, 0.3) is 0 Å². The lowest BCUT2D eigenvalue weighted by Crippen LogP contribution is -2.48. The number of nitrogens with one attached hydrogen (secondary N) is 1. The van der Waals surface area contributed by atoms with Crippen LogP contribution >= 0.6 is 15.9 Å². The molecule has 0 aromatic heterocycles. The molecular formula is C16H20BrN3O. The molecule has 0 bridgehead atoms. The molecule has 2 aliphatic rings. The maximum absolute atomic E-state index is 10.5. The van der Waals surface area contributed by atoms with Gasteiger partial charge in [-0.05, 0) is 30.9 Å². The van der Waals surface area contributed by atoms with Crippen molar-refractivity contribution in [2.45, 2.75) is 25.3 Å². The number of rotatable bonds is 3. The summed E-state index contributed by atoms with van der Waals surface area (Å²) in [7, 11) is 0. The molecule has 5 heteroatoms. The Labute approximate surface area is 133 Å². The second kappa shape index (κ2) is 6.35. The van der Waals surface area contributed by atoms with E-state index in [1.165, 1.54) is 19.3 Å². The molecule has 2 fully saturated rings. The Hall–Kier alpha value is -1.09. The zero-order valence-corrected chi connectivity index (χ0v) is 13.6. The van der Waals surface area contributed by atoms with Crippen LogP contribution in [0.4, 0.5) is 0 Å². The van der Waals surface area contributed by atoms with Crippen LogP contribution in [0.3, 0.4) is 0 Å². The number of hydrogen-bond acceptors (Lipinski definition) is 4. The number of piperazine rings is 1. The predicted octanol–water partition coefficient (Wildman–Crippen LogP) is 2.77. The average Bonchev–Trinajstić information content (AvgIpc) is 2.45. The molecular weight excluding hydrogens is 330 g/mol. The van der Waals surface area contributed by atoms with Crippen LogP contribution in [-0.4, -0.2) is 36.2 Å². The Bertz CT molecular complexity index is 559. The fraction of sp³-hybridized carbons (Fsp3) is 0.562. The van der Waals surface area contributed by atoms with Crippen LogP contribution in [0.15, 0.2) is 16.6 Å². The number of phenolic OH excluding ortho intramolecular Hbond substituents is 1. The predicted molar refractivity (Wildman–Crippen MR) is 85.0 cm³/mol. The lowest BCUT2D eigenvalue weighted by atomic mass is 9.75. The van der Waals surface area contributed by atoms with Gasteiger partial charge in [0.15, 0.2) is 0 Å². The van der Waals surface area contributed by atoms with Crippen LogP contribution in [0, 0.1) is 17.2 Å². The summed E-state index contributed by atoms with van der Waals surface area (Å²) in [5.41, 5.74) is 1.27.